The molecule has 1 aliphatic rings. The third-order valence-corrected chi connectivity index (χ3v) is 3.69. The summed E-state index contributed by atoms with van der Waals surface area (Å²) in [4.78, 5) is 34.5. The number of nitrogens with zero attached hydrogens (tertiary/aromatic N) is 3. The Morgan fingerprint density at radius 2 is 1.95 bits per heavy atom. The molecule has 0 atom stereocenters. The Hall–Kier alpha value is -2.09. The number of urea groups is 1. The predicted molar refractivity (Wildman–Crippen MR) is 69.3 cm³/mol. The highest BCUT2D eigenvalue weighted by molar-refractivity contribution is 7.97. The maximum atomic E-state index is 11.6. The van der Waals surface area contributed by atoms with Crippen molar-refractivity contribution in [1.82, 2.24) is 9.21 Å². The molecule has 8 heteroatoms. The lowest BCUT2D eigenvalue weighted by Crippen LogP contribution is -2.25. The van der Waals surface area contributed by atoms with E-state index in [1.807, 2.05) is 0 Å². The van der Waals surface area contributed by atoms with E-state index in [1.165, 1.54) is 17.0 Å². The first-order chi connectivity index (χ1) is 8.99. The van der Waals surface area contributed by atoms with Crippen LogP contribution in [0.25, 0.3) is 0 Å². The first-order valence-electron chi connectivity index (χ1n) is 5.43. The number of amides is 3. The molecule has 2 rings (SSSR count). The van der Waals surface area contributed by atoms with Gasteiger partial charge in [0.1, 0.15) is 6.54 Å². The second-order valence-corrected chi connectivity index (χ2v) is 4.94. The molecule has 1 aromatic carbocycles. The number of rotatable bonds is 4. The second-order valence-electron chi connectivity index (χ2n) is 4.02. The van der Waals surface area contributed by atoms with Crippen molar-refractivity contribution in [1.29, 1.82) is 0 Å². The van der Waals surface area contributed by atoms with E-state index in [0.717, 1.165) is 21.8 Å². The molecular weight excluding hydrogens is 270 g/mol. The average Bonchev–Trinajstić information content (AvgIpc) is 2.62. The number of nitro groups is 1. The minimum absolute atomic E-state index is 0.0156. The zero-order valence-electron chi connectivity index (χ0n) is 10.1. The van der Waals surface area contributed by atoms with Crippen molar-refractivity contribution in [3.8, 4) is 0 Å². The third-order valence-electron chi connectivity index (χ3n) is 2.61. The fraction of sp³-hybridized carbons (Fsp3) is 0.273. The molecule has 1 heterocycles. The number of nitro benzene ring substituents is 1. The van der Waals surface area contributed by atoms with Crippen molar-refractivity contribution in [2.24, 2.45) is 0 Å². The predicted octanol–water partition coefficient (Wildman–Crippen LogP) is 1.64. The Labute approximate surface area is 113 Å². The third kappa shape index (κ3) is 2.84. The molecule has 7 nitrogen and oxygen atoms in total. The van der Waals surface area contributed by atoms with E-state index in [9.17, 15) is 19.7 Å². The van der Waals surface area contributed by atoms with Crippen LogP contribution >= 0.6 is 11.9 Å². The molecule has 1 aliphatic heterocycles. The molecule has 0 bridgehead atoms. The smallest absolute Gasteiger partial charge is 0.317 e. The van der Waals surface area contributed by atoms with E-state index < -0.39 is 4.92 Å². The molecule has 100 valence electrons. The summed E-state index contributed by atoms with van der Waals surface area (Å²) in [7, 11) is 1.56. The lowest BCUT2D eigenvalue weighted by Gasteiger charge is -2.12. The highest BCUT2D eigenvalue weighted by Crippen LogP contribution is 2.23. The molecule has 1 aromatic rings. The number of non-ortho nitro benzene ring substituents is 1. The van der Waals surface area contributed by atoms with Gasteiger partial charge in [0.2, 0.25) is 0 Å². The van der Waals surface area contributed by atoms with Gasteiger partial charge in [0.05, 0.1) is 4.92 Å². The molecule has 1 saturated heterocycles. The molecule has 0 unspecified atom stereocenters. The average molecular weight is 281 g/mol. The fourth-order valence-electron chi connectivity index (χ4n) is 1.58. The van der Waals surface area contributed by atoms with Gasteiger partial charge in [-0.2, -0.15) is 0 Å². The molecule has 0 aliphatic carbocycles. The summed E-state index contributed by atoms with van der Waals surface area (Å²) in [6.45, 7) is 0.0894. The van der Waals surface area contributed by atoms with Crippen molar-refractivity contribution in [2.75, 3.05) is 13.6 Å². The summed E-state index contributed by atoms with van der Waals surface area (Å²) < 4.78 is 1.11. The van der Waals surface area contributed by atoms with Gasteiger partial charge >= 0.3 is 6.03 Å². The Morgan fingerprint density at radius 3 is 2.42 bits per heavy atom. The van der Waals surface area contributed by atoms with Gasteiger partial charge in [0, 0.05) is 24.9 Å². The van der Waals surface area contributed by atoms with Gasteiger partial charge < -0.3 is 4.90 Å². The van der Waals surface area contributed by atoms with Gasteiger partial charge in [0.25, 0.3) is 11.6 Å². The van der Waals surface area contributed by atoms with Crippen LogP contribution in [0.2, 0.25) is 0 Å². The van der Waals surface area contributed by atoms with Crippen LogP contribution in [0, 0.1) is 10.1 Å². The van der Waals surface area contributed by atoms with Gasteiger partial charge in [-0.1, -0.05) is 12.1 Å². The Bertz CT molecular complexity index is 531. The maximum absolute atomic E-state index is 11.6. The molecule has 3 amide bonds. The number of benzene rings is 1. The van der Waals surface area contributed by atoms with Crippen LogP contribution in [-0.2, 0) is 10.5 Å². The first kappa shape index (κ1) is 13.3. The molecule has 1 fully saturated rings. The number of carbonyl (C=O) groups is 2. The Balaban J connectivity index is 1.97. The van der Waals surface area contributed by atoms with Gasteiger partial charge in [0.15, 0.2) is 0 Å². The van der Waals surface area contributed by atoms with Crippen molar-refractivity contribution in [3.63, 3.8) is 0 Å². The summed E-state index contributed by atoms with van der Waals surface area (Å²) in [6, 6.07) is 5.68. The van der Waals surface area contributed by atoms with Crippen LogP contribution < -0.4 is 0 Å². The summed E-state index contributed by atoms with van der Waals surface area (Å²) in [5.41, 5.74) is 0.826. The van der Waals surface area contributed by atoms with Crippen LogP contribution in [0.3, 0.4) is 0 Å². The molecular formula is C11H11N3O4S. The maximum Gasteiger partial charge on any atom is 0.337 e. The number of carbonyl (C=O) groups excluding carboxylic acids is 2. The van der Waals surface area contributed by atoms with Crippen molar-refractivity contribution >= 4 is 29.6 Å². The largest absolute Gasteiger partial charge is 0.337 e. The van der Waals surface area contributed by atoms with Crippen LogP contribution in [-0.4, -0.2) is 39.7 Å². The number of imide groups is 1. The van der Waals surface area contributed by atoms with Crippen LogP contribution in [0.1, 0.15) is 5.56 Å². The summed E-state index contributed by atoms with van der Waals surface area (Å²) in [5.74, 6) is 0.156. The van der Waals surface area contributed by atoms with E-state index in [-0.39, 0.29) is 24.2 Å². The van der Waals surface area contributed by atoms with E-state index in [2.05, 4.69) is 0 Å². The van der Waals surface area contributed by atoms with E-state index in [1.54, 1.807) is 19.2 Å². The number of likely N-dealkylation sites (N-methyl/N-ethyl adjacent to an activating group) is 1. The quantitative estimate of drug-likeness (QED) is 0.362. The molecule has 0 radical (unpaired) electrons. The summed E-state index contributed by atoms with van der Waals surface area (Å²) in [5, 5.41) is 10.5. The van der Waals surface area contributed by atoms with Gasteiger partial charge in [-0.3, -0.25) is 14.9 Å². The molecule has 0 N–H and O–H groups in total. The molecule has 0 aromatic heterocycles. The van der Waals surface area contributed by atoms with Gasteiger partial charge in [-0.15, -0.1) is 0 Å². The Kier molecular flexibility index (Phi) is 3.70. The zero-order chi connectivity index (χ0) is 14.0. The molecule has 0 saturated carbocycles. The van der Waals surface area contributed by atoms with Crippen molar-refractivity contribution in [3.05, 3.63) is 39.9 Å². The lowest BCUT2D eigenvalue weighted by molar-refractivity contribution is -0.384. The fourth-order valence-corrected chi connectivity index (χ4v) is 2.50. The van der Waals surface area contributed by atoms with Crippen LogP contribution in [0.15, 0.2) is 24.3 Å². The summed E-state index contributed by atoms with van der Waals surface area (Å²) in [6.07, 6.45) is 0. The van der Waals surface area contributed by atoms with E-state index in [0.29, 0.717) is 5.75 Å². The normalized spacial score (nSPS) is 15.2. The molecule has 0 spiro atoms. The van der Waals surface area contributed by atoms with Crippen LogP contribution in [0.5, 0.6) is 0 Å². The SMILES string of the molecule is CN1CC(=O)N(SCc2ccc([N+](=O)[O-])cc2)C1=O. The lowest BCUT2D eigenvalue weighted by atomic mass is 10.2. The van der Waals surface area contributed by atoms with Gasteiger partial charge in [-0.25, -0.2) is 9.10 Å². The van der Waals surface area contributed by atoms with Crippen molar-refractivity contribution in [2.45, 2.75) is 5.75 Å². The number of hydrogen-bond acceptors (Lipinski definition) is 5. The summed E-state index contributed by atoms with van der Waals surface area (Å²) >= 11 is 1.09. The second kappa shape index (κ2) is 5.27. The minimum Gasteiger partial charge on any atom is -0.317 e. The Morgan fingerprint density at radius 1 is 1.32 bits per heavy atom. The minimum atomic E-state index is -0.473. The molecule has 19 heavy (non-hydrogen) atoms. The zero-order valence-corrected chi connectivity index (χ0v) is 10.9. The monoisotopic (exact) mass is 281 g/mol. The van der Waals surface area contributed by atoms with Crippen molar-refractivity contribution < 1.29 is 14.5 Å². The highest BCUT2D eigenvalue weighted by atomic mass is 32.2. The first-order valence-corrected chi connectivity index (χ1v) is 6.37. The van der Waals surface area contributed by atoms with E-state index in [4.69, 9.17) is 0 Å². The van der Waals surface area contributed by atoms with Gasteiger partial charge in [-0.05, 0) is 17.5 Å². The van der Waals surface area contributed by atoms with Crippen LogP contribution in [0.4, 0.5) is 10.5 Å². The topological polar surface area (TPSA) is 83.8 Å². The number of hydrogen-bond donors (Lipinski definition) is 0. The highest BCUT2D eigenvalue weighted by Gasteiger charge is 2.34. The standard InChI is InChI=1S/C11H11N3O4S/c1-12-6-10(15)13(11(12)16)19-7-8-2-4-9(5-3-8)14(17)18/h2-5H,6-7H2,1H3. The van der Waals surface area contributed by atoms with E-state index >= 15 is 0 Å².